The molecule has 3 aromatic carbocycles. The van der Waals surface area contributed by atoms with E-state index < -0.39 is 0 Å². The molecule has 4 rings (SSSR count). The number of benzene rings is 3. The van der Waals surface area contributed by atoms with Gasteiger partial charge in [0, 0.05) is 27.7 Å². The summed E-state index contributed by atoms with van der Waals surface area (Å²) in [6, 6.07) is 20.3. The second-order valence-corrected chi connectivity index (χ2v) is 6.06. The molecule has 4 aromatic rings. The largest absolute Gasteiger partial charge is 0.399 e. The van der Waals surface area contributed by atoms with Crippen LogP contribution in [0.1, 0.15) is 12.5 Å². The van der Waals surface area contributed by atoms with Crippen LogP contribution in [0.5, 0.6) is 0 Å². The molecule has 118 valence electrons. The molecule has 1 aromatic heterocycles. The molecule has 0 unspecified atom stereocenters. The van der Waals surface area contributed by atoms with Gasteiger partial charge in [0.1, 0.15) is 0 Å². The Kier molecular flexibility index (Phi) is 3.35. The van der Waals surface area contributed by atoms with Gasteiger partial charge in [-0.25, -0.2) is 4.98 Å². The van der Waals surface area contributed by atoms with Crippen molar-refractivity contribution in [2.45, 2.75) is 13.3 Å². The lowest BCUT2D eigenvalue weighted by Crippen LogP contribution is -1.96. The van der Waals surface area contributed by atoms with E-state index in [0.717, 1.165) is 40.0 Å². The summed E-state index contributed by atoms with van der Waals surface area (Å²) in [7, 11) is 0. The monoisotopic (exact) mass is 313 g/mol. The Balaban J connectivity index is 2.21. The van der Waals surface area contributed by atoms with Crippen LogP contribution in [-0.4, -0.2) is 4.98 Å². The van der Waals surface area contributed by atoms with Crippen LogP contribution >= 0.6 is 0 Å². The molecule has 0 atom stereocenters. The number of aryl methyl sites for hydroxylation is 1. The van der Waals surface area contributed by atoms with E-state index >= 15 is 0 Å². The van der Waals surface area contributed by atoms with E-state index in [1.165, 1.54) is 16.3 Å². The van der Waals surface area contributed by atoms with Gasteiger partial charge in [0.05, 0.1) is 11.2 Å². The van der Waals surface area contributed by atoms with Crippen molar-refractivity contribution in [2.75, 3.05) is 11.5 Å². The number of aromatic nitrogens is 1. The molecule has 3 heteroatoms. The van der Waals surface area contributed by atoms with Crippen LogP contribution in [0.4, 0.5) is 11.4 Å². The highest BCUT2D eigenvalue weighted by Crippen LogP contribution is 2.36. The number of hydrogen-bond donors (Lipinski definition) is 2. The number of nitrogen functional groups attached to an aromatic ring is 2. The van der Waals surface area contributed by atoms with Gasteiger partial charge in [0.2, 0.25) is 0 Å². The zero-order valence-electron chi connectivity index (χ0n) is 13.6. The molecular weight excluding hydrogens is 294 g/mol. The van der Waals surface area contributed by atoms with Crippen LogP contribution in [0.3, 0.4) is 0 Å². The summed E-state index contributed by atoms with van der Waals surface area (Å²) in [6.07, 6.45) is 0.910. The zero-order chi connectivity index (χ0) is 16.7. The fourth-order valence-electron chi connectivity index (χ4n) is 3.36. The van der Waals surface area contributed by atoms with Gasteiger partial charge in [0.25, 0.3) is 0 Å². The maximum Gasteiger partial charge on any atom is 0.0788 e. The molecule has 0 aliphatic rings. The van der Waals surface area contributed by atoms with Crippen LogP contribution in [-0.2, 0) is 6.42 Å². The average Bonchev–Trinajstić information content (AvgIpc) is 2.60. The number of nitrogens with zero attached hydrogens (tertiary/aromatic N) is 1. The van der Waals surface area contributed by atoms with E-state index in [4.69, 9.17) is 16.5 Å². The smallest absolute Gasteiger partial charge is 0.0788 e. The molecule has 0 fully saturated rings. The molecule has 0 aliphatic heterocycles. The van der Waals surface area contributed by atoms with Gasteiger partial charge in [-0.05, 0) is 41.6 Å². The Labute approximate surface area is 140 Å². The SMILES string of the molecule is CCc1cc(N)cc2nc(-c3ccccc3)c3cc(N)ccc3c12. The first-order valence-corrected chi connectivity index (χ1v) is 8.14. The third kappa shape index (κ3) is 2.26. The van der Waals surface area contributed by atoms with Crippen LogP contribution in [0.2, 0.25) is 0 Å². The third-order valence-electron chi connectivity index (χ3n) is 4.45. The molecule has 0 spiro atoms. The minimum absolute atomic E-state index is 0.745. The number of nitrogens with two attached hydrogens (primary N) is 2. The van der Waals surface area contributed by atoms with Crippen LogP contribution < -0.4 is 11.5 Å². The third-order valence-corrected chi connectivity index (χ3v) is 4.45. The predicted octanol–water partition coefficient (Wildman–Crippen LogP) is 4.78. The first kappa shape index (κ1) is 14.5. The summed E-state index contributed by atoms with van der Waals surface area (Å²) in [5.74, 6) is 0. The van der Waals surface area contributed by atoms with Crippen molar-refractivity contribution >= 4 is 33.1 Å². The molecule has 0 saturated carbocycles. The maximum absolute atomic E-state index is 6.10. The van der Waals surface area contributed by atoms with Gasteiger partial charge in [-0.2, -0.15) is 0 Å². The molecule has 4 N–H and O–H groups in total. The number of pyridine rings is 1. The van der Waals surface area contributed by atoms with Crippen LogP contribution in [0.25, 0.3) is 32.9 Å². The number of hydrogen-bond acceptors (Lipinski definition) is 3. The molecular formula is C21H19N3. The van der Waals surface area contributed by atoms with Crippen LogP contribution in [0.15, 0.2) is 60.7 Å². The minimum atomic E-state index is 0.745. The Morgan fingerprint density at radius 2 is 1.62 bits per heavy atom. The van der Waals surface area contributed by atoms with Crippen molar-refractivity contribution in [1.29, 1.82) is 0 Å². The van der Waals surface area contributed by atoms with E-state index in [1.807, 2.05) is 42.5 Å². The fraction of sp³-hybridized carbons (Fsp3) is 0.0952. The van der Waals surface area contributed by atoms with Gasteiger partial charge in [-0.15, -0.1) is 0 Å². The normalized spacial score (nSPS) is 11.2. The van der Waals surface area contributed by atoms with E-state index in [0.29, 0.717) is 0 Å². The molecule has 0 bridgehead atoms. The van der Waals surface area contributed by atoms with Crippen molar-refractivity contribution in [3.63, 3.8) is 0 Å². The molecule has 24 heavy (non-hydrogen) atoms. The van der Waals surface area contributed by atoms with Gasteiger partial charge < -0.3 is 11.5 Å². The lowest BCUT2D eigenvalue weighted by molar-refractivity contribution is 1.16. The van der Waals surface area contributed by atoms with E-state index in [9.17, 15) is 0 Å². The summed E-state index contributed by atoms with van der Waals surface area (Å²) >= 11 is 0. The van der Waals surface area contributed by atoms with Gasteiger partial charge in [0.15, 0.2) is 0 Å². The van der Waals surface area contributed by atoms with Crippen molar-refractivity contribution in [2.24, 2.45) is 0 Å². The van der Waals surface area contributed by atoms with E-state index in [-0.39, 0.29) is 0 Å². The average molecular weight is 313 g/mol. The summed E-state index contributed by atoms with van der Waals surface area (Å²) in [5, 5.41) is 3.42. The first-order chi connectivity index (χ1) is 11.7. The van der Waals surface area contributed by atoms with Crippen molar-refractivity contribution in [3.8, 4) is 11.3 Å². The van der Waals surface area contributed by atoms with Crippen molar-refractivity contribution in [1.82, 2.24) is 4.98 Å². The molecule has 0 radical (unpaired) electrons. The summed E-state index contributed by atoms with van der Waals surface area (Å²) in [4.78, 5) is 4.95. The first-order valence-electron chi connectivity index (χ1n) is 8.14. The van der Waals surface area contributed by atoms with Gasteiger partial charge in [-0.3, -0.25) is 0 Å². The summed E-state index contributed by atoms with van der Waals surface area (Å²) in [6.45, 7) is 2.14. The summed E-state index contributed by atoms with van der Waals surface area (Å²) in [5.41, 5.74) is 17.8. The molecule has 0 amide bonds. The standard InChI is InChI=1S/C21H19N3/c1-2-13-10-16(23)12-19-20(13)17-9-8-15(22)11-18(17)21(24-19)14-6-4-3-5-7-14/h3-12H,2,22-23H2,1H3. The van der Waals surface area contributed by atoms with E-state index in [1.54, 1.807) is 0 Å². The highest BCUT2D eigenvalue weighted by molar-refractivity contribution is 6.13. The Hall–Kier alpha value is -3.07. The van der Waals surface area contributed by atoms with Crippen molar-refractivity contribution in [3.05, 3.63) is 66.2 Å². The Morgan fingerprint density at radius 3 is 2.38 bits per heavy atom. The molecule has 1 heterocycles. The number of fused-ring (bicyclic) bond motifs is 3. The molecule has 0 saturated heterocycles. The van der Waals surface area contributed by atoms with Crippen LogP contribution in [0, 0.1) is 0 Å². The zero-order valence-corrected chi connectivity index (χ0v) is 13.6. The van der Waals surface area contributed by atoms with E-state index in [2.05, 4.69) is 25.1 Å². The minimum Gasteiger partial charge on any atom is -0.399 e. The molecule has 0 aliphatic carbocycles. The second-order valence-electron chi connectivity index (χ2n) is 6.06. The second kappa shape index (κ2) is 5.53. The Morgan fingerprint density at radius 1 is 0.833 bits per heavy atom. The highest BCUT2D eigenvalue weighted by Gasteiger charge is 2.13. The van der Waals surface area contributed by atoms with Gasteiger partial charge in [-0.1, -0.05) is 43.3 Å². The summed E-state index contributed by atoms with van der Waals surface area (Å²) < 4.78 is 0. The molecule has 3 nitrogen and oxygen atoms in total. The fourth-order valence-corrected chi connectivity index (χ4v) is 3.36. The number of rotatable bonds is 2. The van der Waals surface area contributed by atoms with Crippen molar-refractivity contribution < 1.29 is 0 Å². The number of anilines is 2. The lowest BCUT2D eigenvalue weighted by atomic mass is 9.95. The maximum atomic E-state index is 6.10. The highest BCUT2D eigenvalue weighted by atomic mass is 14.7. The quantitative estimate of drug-likeness (QED) is 0.413. The predicted molar refractivity (Wildman–Crippen MR) is 103 cm³/mol. The topological polar surface area (TPSA) is 64.9 Å². The Bertz CT molecular complexity index is 1050. The lowest BCUT2D eigenvalue weighted by Gasteiger charge is -2.14. The van der Waals surface area contributed by atoms with Gasteiger partial charge >= 0.3 is 0 Å².